The molecule has 0 radical (unpaired) electrons. The zero-order valence-electron chi connectivity index (χ0n) is 7.91. The maximum atomic E-state index is 12.6. The van der Waals surface area contributed by atoms with Gasteiger partial charge in [-0.1, -0.05) is 0 Å². The lowest BCUT2D eigenvalue weighted by Gasteiger charge is -2.02. The first kappa shape index (κ1) is 10.8. The van der Waals surface area contributed by atoms with Gasteiger partial charge in [-0.05, 0) is 34.1 Å². The van der Waals surface area contributed by atoms with Gasteiger partial charge in [0.1, 0.15) is 11.6 Å². The Kier molecular flexibility index (Phi) is 3.00. The van der Waals surface area contributed by atoms with E-state index in [1.54, 1.807) is 0 Å². The zero-order valence-corrected chi connectivity index (χ0v) is 9.49. The predicted octanol–water partition coefficient (Wildman–Crippen LogP) is 2.83. The summed E-state index contributed by atoms with van der Waals surface area (Å²) in [4.78, 5) is 15.4. The lowest BCUT2D eigenvalue weighted by atomic mass is 10.3. The number of aromatic nitrogens is 1. The summed E-state index contributed by atoms with van der Waals surface area (Å²) in [7, 11) is 0. The fraction of sp³-hybridized carbons (Fsp3) is 0. The number of rotatable bonds is 2. The highest BCUT2D eigenvalue weighted by molar-refractivity contribution is 9.10. The molecule has 82 valence electrons. The maximum Gasteiger partial charge on any atom is 0.261 e. The third-order valence-corrected chi connectivity index (χ3v) is 2.45. The number of nitrogens with one attached hydrogen (secondary N) is 1. The molecule has 2 rings (SSSR count). The van der Waals surface area contributed by atoms with Crippen LogP contribution in [0.5, 0.6) is 0 Å². The standard InChI is InChI=1S/C10H6BrFN2O2/c11-9-7(3-4-16-9)10(15)14-8-2-1-6(12)5-13-8/h1-5H,(H,13,14,15). The highest BCUT2D eigenvalue weighted by Gasteiger charge is 2.12. The number of furan rings is 1. The molecule has 0 atom stereocenters. The molecule has 0 unspecified atom stereocenters. The molecule has 0 bridgehead atoms. The van der Waals surface area contributed by atoms with Gasteiger partial charge >= 0.3 is 0 Å². The summed E-state index contributed by atoms with van der Waals surface area (Å²) in [5.74, 6) is -0.554. The van der Waals surface area contributed by atoms with Crippen LogP contribution in [-0.4, -0.2) is 10.9 Å². The summed E-state index contributed by atoms with van der Waals surface area (Å²) in [5.41, 5.74) is 0.353. The molecule has 0 fully saturated rings. The summed E-state index contributed by atoms with van der Waals surface area (Å²) in [5, 5.41) is 2.51. The van der Waals surface area contributed by atoms with Crippen molar-refractivity contribution in [2.24, 2.45) is 0 Å². The fourth-order valence-corrected chi connectivity index (χ4v) is 1.51. The number of anilines is 1. The van der Waals surface area contributed by atoms with Crippen LogP contribution in [0.2, 0.25) is 0 Å². The number of amides is 1. The normalized spacial score (nSPS) is 10.1. The molecule has 0 aliphatic heterocycles. The summed E-state index contributed by atoms with van der Waals surface area (Å²) in [6, 6.07) is 4.11. The van der Waals surface area contributed by atoms with E-state index in [9.17, 15) is 9.18 Å². The molecule has 0 saturated carbocycles. The molecular formula is C10H6BrFN2O2. The van der Waals surface area contributed by atoms with Crippen LogP contribution in [0.15, 0.2) is 39.7 Å². The second kappa shape index (κ2) is 4.44. The van der Waals surface area contributed by atoms with E-state index in [0.29, 0.717) is 10.2 Å². The molecule has 0 aliphatic rings. The van der Waals surface area contributed by atoms with Gasteiger partial charge in [-0.25, -0.2) is 9.37 Å². The van der Waals surface area contributed by atoms with Crippen molar-refractivity contribution in [3.63, 3.8) is 0 Å². The first-order valence-electron chi connectivity index (χ1n) is 4.33. The van der Waals surface area contributed by atoms with Crippen LogP contribution in [-0.2, 0) is 0 Å². The van der Waals surface area contributed by atoms with Gasteiger partial charge in [-0.2, -0.15) is 0 Å². The number of carbonyl (C=O) groups excluding carboxylic acids is 1. The van der Waals surface area contributed by atoms with Crippen molar-refractivity contribution >= 4 is 27.7 Å². The molecule has 4 nitrogen and oxygen atoms in total. The Morgan fingerprint density at radius 1 is 1.44 bits per heavy atom. The van der Waals surface area contributed by atoms with Crippen LogP contribution in [0, 0.1) is 5.82 Å². The van der Waals surface area contributed by atoms with E-state index in [0.717, 1.165) is 6.20 Å². The maximum absolute atomic E-state index is 12.6. The van der Waals surface area contributed by atoms with Crippen molar-refractivity contribution in [1.29, 1.82) is 0 Å². The van der Waals surface area contributed by atoms with Gasteiger partial charge in [0.05, 0.1) is 18.0 Å². The van der Waals surface area contributed by atoms with E-state index in [-0.39, 0.29) is 11.7 Å². The van der Waals surface area contributed by atoms with Crippen molar-refractivity contribution in [2.75, 3.05) is 5.32 Å². The molecular weight excluding hydrogens is 279 g/mol. The molecule has 0 aromatic carbocycles. The van der Waals surface area contributed by atoms with Crippen LogP contribution in [0.3, 0.4) is 0 Å². The number of hydrogen-bond acceptors (Lipinski definition) is 3. The topological polar surface area (TPSA) is 55.1 Å². The summed E-state index contributed by atoms with van der Waals surface area (Å²) in [6.07, 6.45) is 2.41. The fourth-order valence-electron chi connectivity index (χ4n) is 1.09. The average Bonchev–Trinajstić information content (AvgIpc) is 2.68. The largest absolute Gasteiger partial charge is 0.457 e. The second-order valence-electron chi connectivity index (χ2n) is 2.92. The van der Waals surface area contributed by atoms with E-state index in [4.69, 9.17) is 4.42 Å². The molecule has 0 spiro atoms. The van der Waals surface area contributed by atoms with E-state index in [1.807, 2.05) is 0 Å². The molecule has 0 aliphatic carbocycles. The highest BCUT2D eigenvalue weighted by atomic mass is 79.9. The third kappa shape index (κ3) is 2.27. The molecule has 6 heteroatoms. The van der Waals surface area contributed by atoms with Crippen molar-refractivity contribution < 1.29 is 13.6 Å². The van der Waals surface area contributed by atoms with E-state index >= 15 is 0 Å². The smallest absolute Gasteiger partial charge is 0.261 e. The summed E-state index contributed by atoms with van der Waals surface area (Å²) < 4.78 is 17.8. The van der Waals surface area contributed by atoms with Gasteiger partial charge in [-0.15, -0.1) is 0 Å². The number of nitrogens with zero attached hydrogens (tertiary/aromatic N) is 1. The Hall–Kier alpha value is -1.69. The molecule has 16 heavy (non-hydrogen) atoms. The van der Waals surface area contributed by atoms with Crippen molar-refractivity contribution in [3.8, 4) is 0 Å². The van der Waals surface area contributed by atoms with Gasteiger partial charge in [-0.3, -0.25) is 4.79 Å². The summed E-state index contributed by atoms with van der Waals surface area (Å²) in [6.45, 7) is 0. The van der Waals surface area contributed by atoms with Crippen LogP contribution in [0.1, 0.15) is 10.4 Å². The monoisotopic (exact) mass is 284 g/mol. The van der Waals surface area contributed by atoms with Crippen molar-refractivity contribution in [1.82, 2.24) is 4.98 Å². The molecule has 2 heterocycles. The Morgan fingerprint density at radius 3 is 2.81 bits per heavy atom. The van der Waals surface area contributed by atoms with Crippen LogP contribution in [0.25, 0.3) is 0 Å². The van der Waals surface area contributed by atoms with Crippen LogP contribution >= 0.6 is 15.9 Å². The SMILES string of the molecule is O=C(Nc1ccc(F)cn1)c1ccoc1Br. The van der Waals surface area contributed by atoms with Gasteiger partial charge in [0.15, 0.2) is 4.67 Å². The highest BCUT2D eigenvalue weighted by Crippen LogP contribution is 2.18. The Morgan fingerprint density at radius 2 is 2.25 bits per heavy atom. The third-order valence-electron chi connectivity index (χ3n) is 1.83. The average molecular weight is 285 g/mol. The van der Waals surface area contributed by atoms with Crippen LogP contribution in [0.4, 0.5) is 10.2 Å². The lowest BCUT2D eigenvalue weighted by molar-refractivity contribution is 0.102. The molecule has 2 aromatic heterocycles. The lowest BCUT2D eigenvalue weighted by Crippen LogP contribution is -2.12. The minimum Gasteiger partial charge on any atom is -0.457 e. The Bertz CT molecular complexity index is 510. The minimum absolute atomic E-state index is 0.277. The predicted molar refractivity (Wildman–Crippen MR) is 58.6 cm³/mol. The van der Waals surface area contributed by atoms with E-state index < -0.39 is 5.82 Å². The molecule has 1 amide bonds. The summed E-state index contributed by atoms with van der Waals surface area (Å²) >= 11 is 3.08. The van der Waals surface area contributed by atoms with Crippen LogP contribution < -0.4 is 5.32 Å². The van der Waals surface area contributed by atoms with Gasteiger partial charge < -0.3 is 9.73 Å². The minimum atomic E-state index is -0.456. The second-order valence-corrected chi connectivity index (χ2v) is 3.64. The number of pyridine rings is 1. The van der Waals surface area contributed by atoms with Crippen molar-refractivity contribution in [3.05, 3.63) is 46.7 Å². The molecule has 1 N–H and O–H groups in total. The molecule has 2 aromatic rings. The van der Waals surface area contributed by atoms with Gasteiger partial charge in [0.2, 0.25) is 0 Å². The Balaban J connectivity index is 2.14. The Labute approximate surface area is 98.6 Å². The quantitative estimate of drug-likeness (QED) is 0.923. The molecule has 0 saturated heterocycles. The zero-order chi connectivity index (χ0) is 11.5. The van der Waals surface area contributed by atoms with Gasteiger partial charge in [0, 0.05) is 0 Å². The van der Waals surface area contributed by atoms with E-state index in [1.165, 1.54) is 24.5 Å². The van der Waals surface area contributed by atoms with E-state index in [2.05, 4.69) is 26.2 Å². The first-order valence-corrected chi connectivity index (χ1v) is 5.12. The number of hydrogen-bond donors (Lipinski definition) is 1. The van der Waals surface area contributed by atoms with Crippen molar-refractivity contribution in [2.45, 2.75) is 0 Å². The number of carbonyl (C=O) groups is 1. The van der Waals surface area contributed by atoms with Gasteiger partial charge in [0.25, 0.3) is 5.91 Å². The first-order chi connectivity index (χ1) is 7.66. The number of halogens is 2.